The van der Waals surface area contributed by atoms with Crippen molar-refractivity contribution in [1.82, 2.24) is 4.90 Å². The summed E-state index contributed by atoms with van der Waals surface area (Å²) in [5.41, 5.74) is 0.789. The van der Waals surface area contributed by atoms with Gasteiger partial charge in [0.2, 0.25) is 0 Å². The van der Waals surface area contributed by atoms with Gasteiger partial charge in [-0.05, 0) is 38.3 Å². The Morgan fingerprint density at radius 2 is 2.04 bits per heavy atom. The van der Waals surface area contributed by atoms with Crippen LogP contribution in [0.2, 0.25) is 0 Å². The number of hydrogen-bond acceptors (Lipinski definition) is 3. The highest BCUT2D eigenvalue weighted by atomic mass is 16.5. The predicted molar refractivity (Wildman–Crippen MR) is 92.3 cm³/mol. The van der Waals surface area contributed by atoms with Crippen LogP contribution in [-0.4, -0.2) is 42.3 Å². The fourth-order valence-electron chi connectivity index (χ4n) is 4.29. The van der Waals surface area contributed by atoms with Crippen molar-refractivity contribution < 1.29 is 14.3 Å². The molecule has 0 radical (unpaired) electrons. The number of fused-ring (bicyclic) bond motifs is 5. The Morgan fingerprint density at radius 3 is 2.71 bits per heavy atom. The van der Waals surface area contributed by atoms with Crippen LogP contribution in [0.1, 0.15) is 33.1 Å². The number of benzene rings is 1. The molecule has 0 saturated carbocycles. The largest absolute Gasteiger partial charge is 0.491 e. The number of anilines is 1. The topological polar surface area (TPSA) is 50.8 Å². The zero-order valence-electron chi connectivity index (χ0n) is 14.4. The average molecular weight is 330 g/mol. The minimum absolute atomic E-state index is 0.00973. The molecule has 5 nitrogen and oxygen atoms in total. The average Bonchev–Trinajstić information content (AvgIpc) is 3.27. The monoisotopic (exact) mass is 330 g/mol. The Balaban J connectivity index is 1.37. The maximum Gasteiger partial charge on any atom is 0.321 e. The van der Waals surface area contributed by atoms with Crippen molar-refractivity contribution in [2.75, 3.05) is 18.4 Å². The summed E-state index contributed by atoms with van der Waals surface area (Å²) in [6.45, 7) is 5.78. The van der Waals surface area contributed by atoms with Crippen molar-refractivity contribution in [3.8, 4) is 5.75 Å². The Morgan fingerprint density at radius 1 is 1.33 bits per heavy atom. The van der Waals surface area contributed by atoms with Crippen LogP contribution in [0, 0.1) is 11.8 Å². The van der Waals surface area contributed by atoms with E-state index in [0.717, 1.165) is 43.8 Å². The molecule has 1 aromatic carbocycles. The minimum atomic E-state index is -0.00973. The first kappa shape index (κ1) is 15.8. The van der Waals surface area contributed by atoms with Crippen LogP contribution < -0.4 is 10.1 Å². The smallest absolute Gasteiger partial charge is 0.321 e. The van der Waals surface area contributed by atoms with E-state index in [-0.39, 0.29) is 12.1 Å². The van der Waals surface area contributed by atoms with Gasteiger partial charge in [-0.3, -0.25) is 0 Å². The lowest BCUT2D eigenvalue weighted by Gasteiger charge is -2.20. The molecule has 3 fully saturated rings. The van der Waals surface area contributed by atoms with Crippen LogP contribution >= 0.6 is 0 Å². The summed E-state index contributed by atoms with van der Waals surface area (Å²) in [5, 5.41) is 3.02. The van der Waals surface area contributed by atoms with E-state index in [4.69, 9.17) is 9.47 Å². The molecule has 3 saturated heterocycles. The Hall–Kier alpha value is -1.75. The molecular formula is C19H26N2O3. The maximum atomic E-state index is 12.6. The number of nitrogens with zero attached hydrogens (tertiary/aromatic N) is 1. The van der Waals surface area contributed by atoms with Crippen LogP contribution in [0.25, 0.3) is 0 Å². The molecule has 5 atom stereocenters. The zero-order valence-corrected chi connectivity index (χ0v) is 14.4. The van der Waals surface area contributed by atoms with Gasteiger partial charge >= 0.3 is 6.03 Å². The fourth-order valence-corrected chi connectivity index (χ4v) is 4.29. The molecule has 4 rings (SSSR count). The molecule has 24 heavy (non-hydrogen) atoms. The molecule has 3 aliphatic rings. The van der Waals surface area contributed by atoms with Gasteiger partial charge in [-0.1, -0.05) is 13.0 Å². The maximum absolute atomic E-state index is 12.6. The van der Waals surface area contributed by atoms with Gasteiger partial charge in [-0.2, -0.15) is 0 Å². The second kappa shape index (κ2) is 6.28. The van der Waals surface area contributed by atoms with Crippen LogP contribution in [0.5, 0.6) is 5.75 Å². The number of carbonyl (C=O) groups is 1. The van der Waals surface area contributed by atoms with Gasteiger partial charge in [0.05, 0.1) is 18.3 Å². The lowest BCUT2D eigenvalue weighted by Crippen LogP contribution is -2.35. The molecule has 1 aromatic rings. The van der Waals surface area contributed by atoms with Crippen molar-refractivity contribution >= 4 is 11.7 Å². The Labute approximate surface area is 143 Å². The molecule has 0 unspecified atom stereocenters. The highest BCUT2D eigenvalue weighted by molar-refractivity contribution is 5.89. The number of likely N-dealkylation sites (tertiary alicyclic amines) is 1. The summed E-state index contributed by atoms with van der Waals surface area (Å²) >= 11 is 0. The van der Waals surface area contributed by atoms with Crippen molar-refractivity contribution in [2.24, 2.45) is 11.8 Å². The standard InChI is InChI=1S/C19H26N2O3/c1-3-12(2)23-14-6-4-5-13(9-14)20-19(22)21-10-15-16(11-21)18-8-7-17(15)24-18/h4-6,9,12,15-18H,3,7-8,10-11H2,1-2H3,(H,20,22)/t12-,15-,16+,17-,18-/m1/s1. The molecule has 130 valence electrons. The van der Waals surface area contributed by atoms with Gasteiger partial charge in [0.15, 0.2) is 0 Å². The van der Waals surface area contributed by atoms with Crippen LogP contribution in [-0.2, 0) is 4.74 Å². The van der Waals surface area contributed by atoms with E-state index < -0.39 is 0 Å². The number of ether oxygens (including phenoxy) is 2. The third-order valence-electron chi connectivity index (χ3n) is 5.74. The third-order valence-corrected chi connectivity index (χ3v) is 5.74. The number of amides is 2. The predicted octanol–water partition coefficient (Wildman–Crippen LogP) is 3.51. The number of nitrogens with one attached hydrogen (secondary N) is 1. The number of urea groups is 1. The highest BCUT2D eigenvalue weighted by Gasteiger charge is 2.53. The lowest BCUT2D eigenvalue weighted by atomic mass is 9.82. The van der Waals surface area contributed by atoms with E-state index in [1.165, 1.54) is 0 Å². The SMILES string of the molecule is CC[C@@H](C)Oc1cccc(NC(=O)N2C[C@@H]3[C@H](C2)[C@H]2CC[C@H]3O2)c1. The van der Waals surface area contributed by atoms with Gasteiger partial charge in [0.1, 0.15) is 5.75 Å². The van der Waals surface area contributed by atoms with Gasteiger partial charge < -0.3 is 19.7 Å². The van der Waals surface area contributed by atoms with E-state index in [0.29, 0.717) is 24.0 Å². The molecule has 2 bridgehead atoms. The number of rotatable bonds is 4. The summed E-state index contributed by atoms with van der Waals surface area (Å²) in [7, 11) is 0. The van der Waals surface area contributed by atoms with E-state index in [2.05, 4.69) is 12.2 Å². The van der Waals surface area contributed by atoms with Crippen LogP contribution in [0.15, 0.2) is 24.3 Å². The zero-order chi connectivity index (χ0) is 16.7. The van der Waals surface area contributed by atoms with Crippen molar-refractivity contribution in [3.63, 3.8) is 0 Å². The molecule has 3 aliphatic heterocycles. The first-order valence-electron chi connectivity index (χ1n) is 9.12. The van der Waals surface area contributed by atoms with E-state index >= 15 is 0 Å². The highest BCUT2D eigenvalue weighted by Crippen LogP contribution is 2.47. The van der Waals surface area contributed by atoms with E-state index in [1.807, 2.05) is 36.1 Å². The van der Waals surface area contributed by atoms with Gasteiger partial charge in [-0.25, -0.2) is 4.79 Å². The minimum Gasteiger partial charge on any atom is -0.491 e. The van der Waals surface area contributed by atoms with Crippen molar-refractivity contribution in [3.05, 3.63) is 24.3 Å². The summed E-state index contributed by atoms with van der Waals surface area (Å²) < 4.78 is 11.8. The summed E-state index contributed by atoms with van der Waals surface area (Å²) in [6, 6.07) is 7.64. The molecule has 0 aromatic heterocycles. The Bertz CT molecular complexity index is 602. The van der Waals surface area contributed by atoms with Gasteiger partial charge in [0.25, 0.3) is 0 Å². The number of hydrogen-bond donors (Lipinski definition) is 1. The number of carbonyl (C=O) groups excluding carboxylic acids is 1. The van der Waals surface area contributed by atoms with E-state index in [1.54, 1.807) is 0 Å². The molecule has 0 spiro atoms. The van der Waals surface area contributed by atoms with Gasteiger partial charge in [0, 0.05) is 36.7 Å². The fraction of sp³-hybridized carbons (Fsp3) is 0.632. The van der Waals surface area contributed by atoms with E-state index in [9.17, 15) is 4.79 Å². The molecule has 5 heteroatoms. The third kappa shape index (κ3) is 2.86. The van der Waals surface area contributed by atoms with Crippen molar-refractivity contribution in [2.45, 2.75) is 51.4 Å². The molecule has 3 heterocycles. The molecular weight excluding hydrogens is 304 g/mol. The van der Waals surface area contributed by atoms with Gasteiger partial charge in [-0.15, -0.1) is 0 Å². The normalized spacial score (nSPS) is 31.8. The second-order valence-electron chi connectivity index (χ2n) is 7.32. The first-order chi connectivity index (χ1) is 11.6. The summed E-state index contributed by atoms with van der Waals surface area (Å²) in [4.78, 5) is 14.6. The summed E-state index contributed by atoms with van der Waals surface area (Å²) in [6.07, 6.45) is 4.21. The lowest BCUT2D eigenvalue weighted by molar-refractivity contribution is 0.0747. The van der Waals surface area contributed by atoms with Crippen molar-refractivity contribution in [1.29, 1.82) is 0 Å². The quantitative estimate of drug-likeness (QED) is 0.919. The Kier molecular flexibility index (Phi) is 4.12. The molecule has 1 N–H and O–H groups in total. The van der Waals surface area contributed by atoms with Crippen LogP contribution in [0.4, 0.5) is 10.5 Å². The summed E-state index contributed by atoms with van der Waals surface area (Å²) in [5.74, 6) is 1.87. The molecule has 2 amide bonds. The second-order valence-corrected chi connectivity index (χ2v) is 7.32. The molecule has 0 aliphatic carbocycles. The first-order valence-corrected chi connectivity index (χ1v) is 9.12. The van der Waals surface area contributed by atoms with Crippen LogP contribution in [0.3, 0.4) is 0 Å².